The van der Waals surface area contributed by atoms with E-state index < -0.39 is 17.9 Å². The van der Waals surface area contributed by atoms with Crippen molar-refractivity contribution in [3.05, 3.63) is 71.4 Å². The summed E-state index contributed by atoms with van der Waals surface area (Å²) in [5.74, 6) is 6.27. The highest BCUT2D eigenvalue weighted by atomic mass is 19.4. The van der Waals surface area contributed by atoms with E-state index in [1.807, 2.05) is 11.0 Å². The van der Waals surface area contributed by atoms with Crippen molar-refractivity contribution in [1.82, 2.24) is 9.88 Å². The zero-order valence-corrected chi connectivity index (χ0v) is 20.6. The molecule has 1 aliphatic heterocycles. The molecule has 3 atom stereocenters. The van der Waals surface area contributed by atoms with Crippen molar-refractivity contribution in [2.45, 2.75) is 31.6 Å². The number of hydrogen-bond donors (Lipinski definition) is 1. The van der Waals surface area contributed by atoms with Crippen LogP contribution in [-0.2, 0) is 6.18 Å². The maximum Gasteiger partial charge on any atom is 0.417 e. The molecule has 0 radical (unpaired) electrons. The molecule has 1 fully saturated rings. The Kier molecular flexibility index (Phi) is 8.67. The topological polar surface area (TPSA) is 45.6 Å². The Morgan fingerprint density at radius 3 is 2.73 bits per heavy atom. The second-order valence-electron chi connectivity index (χ2n) is 9.40. The molecule has 4 rings (SSSR count). The molecule has 37 heavy (non-hydrogen) atoms. The van der Waals surface area contributed by atoms with Gasteiger partial charge in [0, 0.05) is 30.3 Å². The first-order valence-electron chi connectivity index (χ1n) is 12.3. The van der Waals surface area contributed by atoms with Gasteiger partial charge in [-0.3, -0.25) is 9.88 Å². The summed E-state index contributed by atoms with van der Waals surface area (Å²) in [6.45, 7) is 1.55. The van der Waals surface area contributed by atoms with E-state index in [9.17, 15) is 18.3 Å². The van der Waals surface area contributed by atoms with Gasteiger partial charge in [0.15, 0.2) is 0 Å². The van der Waals surface area contributed by atoms with Crippen molar-refractivity contribution >= 4 is 10.9 Å². The van der Waals surface area contributed by atoms with Crippen molar-refractivity contribution in [3.63, 3.8) is 0 Å². The third kappa shape index (κ3) is 6.60. The Labute approximate surface area is 214 Å². The number of aromatic nitrogens is 1. The maximum absolute atomic E-state index is 15.4. The number of ether oxygens (including phenoxy) is 1. The minimum atomic E-state index is -4.45. The molecule has 0 bridgehead atoms. The molecule has 1 aliphatic rings. The molecule has 1 saturated heterocycles. The fourth-order valence-electron chi connectivity index (χ4n) is 5.04. The quantitative estimate of drug-likeness (QED) is 0.309. The molecule has 1 unspecified atom stereocenters. The normalized spacial score (nSPS) is 19.3. The summed E-state index contributed by atoms with van der Waals surface area (Å²) in [7, 11) is 1.57. The minimum Gasteiger partial charge on any atom is -0.497 e. The molecule has 3 aromatic rings. The first-order valence-corrected chi connectivity index (χ1v) is 12.3. The van der Waals surface area contributed by atoms with Gasteiger partial charge >= 0.3 is 6.18 Å². The number of nitrogens with zero attached hydrogens (tertiary/aromatic N) is 2. The van der Waals surface area contributed by atoms with Crippen LogP contribution < -0.4 is 4.74 Å². The minimum absolute atomic E-state index is 0.0299. The van der Waals surface area contributed by atoms with Gasteiger partial charge in [0.2, 0.25) is 0 Å². The van der Waals surface area contributed by atoms with Crippen LogP contribution in [-0.4, -0.2) is 48.3 Å². The number of rotatable bonds is 7. The molecule has 1 N–H and O–H groups in total. The van der Waals surface area contributed by atoms with Crippen molar-refractivity contribution in [2.75, 3.05) is 33.4 Å². The van der Waals surface area contributed by atoms with Crippen molar-refractivity contribution in [1.29, 1.82) is 0 Å². The lowest BCUT2D eigenvalue weighted by Gasteiger charge is -2.37. The number of aliphatic hydroxyl groups is 1. The number of aliphatic hydroxyl groups excluding tert-OH is 1. The average Bonchev–Trinajstić information content (AvgIpc) is 2.91. The molecular formula is C29H30F4N2O2. The van der Waals surface area contributed by atoms with E-state index in [0.29, 0.717) is 49.3 Å². The monoisotopic (exact) mass is 514 g/mol. The zero-order valence-electron chi connectivity index (χ0n) is 20.6. The molecule has 8 heteroatoms. The maximum atomic E-state index is 15.4. The lowest BCUT2D eigenvalue weighted by Crippen LogP contribution is -2.42. The molecule has 2 aromatic carbocycles. The van der Waals surface area contributed by atoms with Crippen LogP contribution in [0.5, 0.6) is 5.75 Å². The molecule has 0 spiro atoms. The van der Waals surface area contributed by atoms with Gasteiger partial charge in [0.25, 0.3) is 0 Å². The fourth-order valence-corrected chi connectivity index (χ4v) is 5.04. The average molecular weight is 515 g/mol. The highest BCUT2D eigenvalue weighted by Gasteiger charge is 2.33. The van der Waals surface area contributed by atoms with Crippen molar-refractivity contribution in [2.24, 2.45) is 11.8 Å². The summed E-state index contributed by atoms with van der Waals surface area (Å²) >= 11 is 0. The summed E-state index contributed by atoms with van der Waals surface area (Å²) in [5, 5.41) is 10.7. The van der Waals surface area contributed by atoms with Gasteiger partial charge in [0.1, 0.15) is 11.9 Å². The Hall–Kier alpha value is -3.15. The van der Waals surface area contributed by atoms with Gasteiger partial charge in [-0.05, 0) is 79.6 Å². The van der Waals surface area contributed by atoms with Gasteiger partial charge in [-0.2, -0.15) is 13.2 Å². The molecule has 196 valence electrons. The van der Waals surface area contributed by atoms with Crippen LogP contribution in [0.15, 0.2) is 54.7 Å². The lowest BCUT2D eigenvalue weighted by molar-refractivity contribution is -0.137. The van der Waals surface area contributed by atoms with Gasteiger partial charge in [0.05, 0.1) is 24.7 Å². The Morgan fingerprint density at radius 2 is 1.97 bits per heavy atom. The number of alkyl halides is 4. The summed E-state index contributed by atoms with van der Waals surface area (Å²) in [6.07, 6.45) is -2.29. The van der Waals surface area contributed by atoms with Gasteiger partial charge in [-0.15, -0.1) is 0 Å². The van der Waals surface area contributed by atoms with E-state index >= 15 is 4.39 Å². The summed E-state index contributed by atoms with van der Waals surface area (Å²) < 4.78 is 60.2. The number of piperidine rings is 1. The molecule has 0 saturated carbocycles. The molecular weight excluding hydrogens is 484 g/mol. The first kappa shape index (κ1) is 26.9. The predicted octanol–water partition coefficient (Wildman–Crippen LogP) is 6.04. The molecule has 4 nitrogen and oxygen atoms in total. The van der Waals surface area contributed by atoms with E-state index in [4.69, 9.17) is 4.74 Å². The smallest absolute Gasteiger partial charge is 0.417 e. The van der Waals surface area contributed by atoms with Crippen LogP contribution in [0.2, 0.25) is 0 Å². The molecule has 0 amide bonds. The van der Waals surface area contributed by atoms with E-state index in [-0.39, 0.29) is 24.0 Å². The van der Waals surface area contributed by atoms with Crippen molar-refractivity contribution in [3.8, 4) is 17.6 Å². The second kappa shape index (κ2) is 11.9. The Morgan fingerprint density at radius 1 is 1.16 bits per heavy atom. The summed E-state index contributed by atoms with van der Waals surface area (Å²) in [6, 6.07) is 12.4. The number of pyridine rings is 1. The Bertz CT molecular complexity index is 1270. The van der Waals surface area contributed by atoms with Crippen LogP contribution >= 0.6 is 0 Å². The zero-order chi connectivity index (χ0) is 26.4. The summed E-state index contributed by atoms with van der Waals surface area (Å²) in [4.78, 5) is 6.35. The van der Waals surface area contributed by atoms with Gasteiger partial charge in [-0.1, -0.05) is 24.0 Å². The number of fused-ring (bicyclic) bond motifs is 1. The molecule has 1 aromatic heterocycles. The van der Waals surface area contributed by atoms with Crippen molar-refractivity contribution < 1.29 is 27.4 Å². The number of halogens is 4. The molecule has 0 aliphatic carbocycles. The number of benzene rings is 2. The van der Waals surface area contributed by atoms with E-state index in [1.54, 1.807) is 31.5 Å². The molecule has 2 heterocycles. The Balaban J connectivity index is 1.35. The third-order valence-electron chi connectivity index (χ3n) is 7.08. The van der Waals surface area contributed by atoms with Crippen LogP contribution in [0.3, 0.4) is 0 Å². The number of methoxy groups -OCH3 is 1. The highest BCUT2D eigenvalue weighted by molar-refractivity contribution is 5.83. The summed E-state index contributed by atoms with van der Waals surface area (Å²) in [5.41, 5.74) is 0.507. The second-order valence-corrected chi connectivity index (χ2v) is 9.40. The highest BCUT2D eigenvalue weighted by Crippen LogP contribution is 2.35. The van der Waals surface area contributed by atoms with Crippen LogP contribution in [0.1, 0.15) is 42.1 Å². The van der Waals surface area contributed by atoms with Gasteiger partial charge in [-0.25, -0.2) is 4.39 Å². The van der Waals surface area contributed by atoms with E-state index in [0.717, 1.165) is 17.9 Å². The van der Waals surface area contributed by atoms with Crippen LogP contribution in [0.25, 0.3) is 10.9 Å². The predicted molar refractivity (Wildman–Crippen MR) is 135 cm³/mol. The van der Waals surface area contributed by atoms with E-state index in [2.05, 4.69) is 16.8 Å². The lowest BCUT2D eigenvalue weighted by atomic mass is 9.81. The van der Waals surface area contributed by atoms with E-state index in [1.165, 1.54) is 18.2 Å². The first-order chi connectivity index (χ1) is 17.8. The standard InChI is InChI=1S/C29H30F4N2O2/c1-37-23-9-11-28-25(17-23)24(12-14-34-28)27(30)10-8-20-13-16-35(18-22(20)19-36)15-4-6-21-5-2-3-7-26(21)29(31,32)33/h2-3,5,7,9,11-12,14,17,20,22,27,36H,8,10,13,15-16,18-19H2,1H3/t20-,22-,27?/m1/s1. The fraction of sp³-hybridized carbons (Fsp3) is 0.414. The largest absolute Gasteiger partial charge is 0.497 e. The SMILES string of the molecule is COc1ccc2nccc(C(F)CC[C@@H]3CCN(CC#Cc4ccccc4C(F)(F)F)C[C@@H]3CO)c2c1. The van der Waals surface area contributed by atoms with Crippen LogP contribution in [0, 0.1) is 23.7 Å². The number of hydrogen-bond acceptors (Lipinski definition) is 4. The van der Waals surface area contributed by atoms with Crippen LogP contribution in [0.4, 0.5) is 17.6 Å². The van der Waals surface area contributed by atoms with Gasteiger partial charge < -0.3 is 9.84 Å². The third-order valence-corrected chi connectivity index (χ3v) is 7.08. The number of likely N-dealkylation sites (tertiary alicyclic amines) is 1.